The van der Waals surface area contributed by atoms with Crippen LogP contribution in [0.25, 0.3) is 0 Å². The molecule has 3 rings (SSSR count). The lowest BCUT2D eigenvalue weighted by Crippen LogP contribution is -2.51. The fraction of sp³-hybridized carbons (Fsp3) is 0.737. The lowest BCUT2D eigenvalue weighted by molar-refractivity contribution is -0.142. The first-order chi connectivity index (χ1) is 12.0. The van der Waals surface area contributed by atoms with Crippen molar-refractivity contribution in [1.29, 1.82) is 0 Å². The number of amides is 2. The summed E-state index contributed by atoms with van der Waals surface area (Å²) in [6.07, 6.45) is 5.71. The Morgan fingerprint density at radius 2 is 1.64 bits per heavy atom. The number of carbonyl (C=O) groups is 2. The van der Waals surface area contributed by atoms with Crippen LogP contribution in [0.5, 0.6) is 0 Å². The van der Waals surface area contributed by atoms with E-state index >= 15 is 0 Å². The van der Waals surface area contributed by atoms with Crippen LogP contribution in [0.2, 0.25) is 0 Å². The Kier molecular flexibility index (Phi) is 5.45. The molecule has 0 aromatic carbocycles. The maximum Gasteiger partial charge on any atom is 0.225 e. The molecule has 0 N–H and O–H groups in total. The number of aryl methyl sites for hydroxylation is 2. The molecule has 138 valence electrons. The van der Waals surface area contributed by atoms with Gasteiger partial charge in [-0.2, -0.15) is 5.10 Å². The van der Waals surface area contributed by atoms with Gasteiger partial charge < -0.3 is 9.80 Å². The van der Waals surface area contributed by atoms with Crippen LogP contribution in [-0.4, -0.2) is 57.6 Å². The summed E-state index contributed by atoms with van der Waals surface area (Å²) in [5.41, 5.74) is 3.34. The quantitative estimate of drug-likeness (QED) is 0.836. The lowest BCUT2D eigenvalue weighted by atomic mass is 10.1. The van der Waals surface area contributed by atoms with E-state index in [1.54, 1.807) is 0 Å². The molecule has 1 saturated heterocycles. The number of hydrogen-bond donors (Lipinski definition) is 0. The maximum absolute atomic E-state index is 12.5. The van der Waals surface area contributed by atoms with Gasteiger partial charge in [0.2, 0.25) is 11.8 Å². The van der Waals surface area contributed by atoms with Crippen LogP contribution >= 0.6 is 0 Å². The third kappa shape index (κ3) is 3.88. The van der Waals surface area contributed by atoms with Gasteiger partial charge in [-0.1, -0.05) is 12.8 Å². The van der Waals surface area contributed by atoms with E-state index in [1.807, 2.05) is 35.4 Å². The van der Waals surface area contributed by atoms with Crippen LogP contribution in [-0.2, 0) is 23.1 Å². The van der Waals surface area contributed by atoms with E-state index in [0.29, 0.717) is 38.5 Å². The zero-order chi connectivity index (χ0) is 18.0. The van der Waals surface area contributed by atoms with Crippen molar-refractivity contribution in [2.24, 2.45) is 13.0 Å². The van der Waals surface area contributed by atoms with E-state index in [1.165, 1.54) is 18.4 Å². The van der Waals surface area contributed by atoms with Crippen molar-refractivity contribution in [3.05, 3.63) is 17.0 Å². The highest BCUT2D eigenvalue weighted by Crippen LogP contribution is 2.27. The molecule has 25 heavy (non-hydrogen) atoms. The predicted octanol–water partition coefficient (Wildman–Crippen LogP) is 1.83. The Bertz CT molecular complexity index is 638. The van der Waals surface area contributed by atoms with E-state index in [2.05, 4.69) is 5.10 Å². The van der Waals surface area contributed by atoms with Crippen molar-refractivity contribution in [3.63, 3.8) is 0 Å². The number of aromatic nitrogens is 2. The van der Waals surface area contributed by atoms with Gasteiger partial charge in [0.1, 0.15) is 0 Å². The topological polar surface area (TPSA) is 58.4 Å². The number of rotatable bonds is 4. The minimum absolute atomic E-state index is 0.190. The first-order valence-electron chi connectivity index (χ1n) is 9.53. The van der Waals surface area contributed by atoms with Gasteiger partial charge in [-0.15, -0.1) is 0 Å². The molecular formula is C19H30N4O2. The summed E-state index contributed by atoms with van der Waals surface area (Å²) >= 11 is 0. The molecule has 2 heterocycles. The average molecular weight is 346 g/mol. The molecule has 1 aromatic rings. The summed E-state index contributed by atoms with van der Waals surface area (Å²) in [7, 11) is 1.94. The molecule has 0 bridgehead atoms. The SMILES string of the molecule is Cc1nn(C)c(C)c1CCC(=O)N1CCN(C(=O)C2CCCC2)CC1. The van der Waals surface area contributed by atoms with Gasteiger partial charge in [-0.25, -0.2) is 0 Å². The summed E-state index contributed by atoms with van der Waals surface area (Å²) in [5.74, 6) is 0.737. The van der Waals surface area contributed by atoms with Gasteiger partial charge in [-0.05, 0) is 38.7 Å². The maximum atomic E-state index is 12.5. The number of carbonyl (C=O) groups excluding carboxylic acids is 2. The van der Waals surface area contributed by atoms with Crippen molar-refractivity contribution in [1.82, 2.24) is 19.6 Å². The largest absolute Gasteiger partial charge is 0.339 e. The van der Waals surface area contributed by atoms with Crippen LogP contribution in [0.4, 0.5) is 0 Å². The highest BCUT2D eigenvalue weighted by Gasteiger charge is 2.30. The summed E-state index contributed by atoms with van der Waals surface area (Å²) in [6, 6.07) is 0. The molecule has 0 unspecified atom stereocenters. The highest BCUT2D eigenvalue weighted by atomic mass is 16.2. The third-order valence-corrected chi connectivity index (χ3v) is 5.90. The predicted molar refractivity (Wildman–Crippen MR) is 96.1 cm³/mol. The summed E-state index contributed by atoms with van der Waals surface area (Å²) in [5, 5.41) is 4.42. The van der Waals surface area contributed by atoms with Gasteiger partial charge in [0.05, 0.1) is 5.69 Å². The molecule has 6 nitrogen and oxygen atoms in total. The Morgan fingerprint density at radius 3 is 2.20 bits per heavy atom. The van der Waals surface area contributed by atoms with Gasteiger partial charge in [0.15, 0.2) is 0 Å². The van der Waals surface area contributed by atoms with Gasteiger partial charge >= 0.3 is 0 Å². The van der Waals surface area contributed by atoms with E-state index < -0.39 is 0 Å². The Labute approximate surface area is 150 Å². The highest BCUT2D eigenvalue weighted by molar-refractivity contribution is 5.80. The van der Waals surface area contributed by atoms with Crippen molar-refractivity contribution >= 4 is 11.8 Å². The lowest BCUT2D eigenvalue weighted by Gasteiger charge is -2.36. The van der Waals surface area contributed by atoms with Gasteiger partial charge in [0, 0.05) is 51.3 Å². The standard InChI is InChI=1S/C19H30N4O2/c1-14-17(15(2)21(3)20-14)8-9-18(24)22-10-12-23(13-11-22)19(25)16-6-4-5-7-16/h16H,4-13H2,1-3H3. The molecule has 2 fully saturated rings. The molecule has 1 aliphatic carbocycles. The van der Waals surface area contributed by atoms with E-state index in [-0.39, 0.29) is 11.8 Å². The molecule has 0 spiro atoms. The third-order valence-electron chi connectivity index (χ3n) is 5.90. The van der Waals surface area contributed by atoms with Crippen LogP contribution < -0.4 is 0 Å². The molecule has 2 amide bonds. The summed E-state index contributed by atoms with van der Waals surface area (Å²) < 4.78 is 1.88. The van der Waals surface area contributed by atoms with Crippen molar-refractivity contribution in [2.75, 3.05) is 26.2 Å². The fourth-order valence-corrected chi connectivity index (χ4v) is 4.18. The number of piperazine rings is 1. The second-order valence-electron chi connectivity index (χ2n) is 7.46. The van der Waals surface area contributed by atoms with Crippen LogP contribution in [0.1, 0.15) is 49.1 Å². The minimum Gasteiger partial charge on any atom is -0.339 e. The molecule has 1 saturated carbocycles. The normalized spacial score (nSPS) is 18.8. The monoisotopic (exact) mass is 346 g/mol. The molecule has 2 aliphatic rings. The molecule has 6 heteroatoms. The minimum atomic E-state index is 0.190. The Balaban J connectivity index is 1.47. The number of hydrogen-bond acceptors (Lipinski definition) is 3. The Morgan fingerprint density at radius 1 is 1.04 bits per heavy atom. The number of nitrogens with zero attached hydrogens (tertiary/aromatic N) is 4. The van der Waals surface area contributed by atoms with E-state index in [9.17, 15) is 9.59 Å². The smallest absolute Gasteiger partial charge is 0.225 e. The fourth-order valence-electron chi connectivity index (χ4n) is 4.18. The molecule has 1 aliphatic heterocycles. The second-order valence-corrected chi connectivity index (χ2v) is 7.46. The average Bonchev–Trinajstić information content (AvgIpc) is 3.22. The van der Waals surface area contributed by atoms with E-state index in [0.717, 1.165) is 30.7 Å². The molecular weight excluding hydrogens is 316 g/mol. The van der Waals surface area contributed by atoms with Crippen LogP contribution in [0.15, 0.2) is 0 Å². The first kappa shape index (κ1) is 18.0. The van der Waals surface area contributed by atoms with Crippen LogP contribution in [0, 0.1) is 19.8 Å². The van der Waals surface area contributed by atoms with E-state index in [4.69, 9.17) is 0 Å². The molecule has 0 atom stereocenters. The van der Waals surface area contributed by atoms with Crippen LogP contribution in [0.3, 0.4) is 0 Å². The van der Waals surface area contributed by atoms with Crippen molar-refractivity contribution in [2.45, 2.75) is 52.4 Å². The zero-order valence-electron chi connectivity index (χ0n) is 15.8. The van der Waals surface area contributed by atoms with Crippen molar-refractivity contribution < 1.29 is 9.59 Å². The molecule has 0 radical (unpaired) electrons. The Hall–Kier alpha value is -1.85. The van der Waals surface area contributed by atoms with Crippen molar-refractivity contribution in [3.8, 4) is 0 Å². The first-order valence-corrected chi connectivity index (χ1v) is 9.53. The molecule has 1 aromatic heterocycles. The zero-order valence-corrected chi connectivity index (χ0v) is 15.8. The summed E-state index contributed by atoms with van der Waals surface area (Å²) in [4.78, 5) is 28.9. The summed E-state index contributed by atoms with van der Waals surface area (Å²) in [6.45, 7) is 6.76. The van der Waals surface area contributed by atoms with Gasteiger partial charge in [0.25, 0.3) is 0 Å². The van der Waals surface area contributed by atoms with Gasteiger partial charge in [-0.3, -0.25) is 14.3 Å². The second kappa shape index (κ2) is 7.58.